The van der Waals surface area contributed by atoms with Crippen LogP contribution in [0.4, 0.5) is 5.69 Å². The van der Waals surface area contributed by atoms with E-state index in [1.807, 2.05) is 31.2 Å². The number of hydrogen-bond donors (Lipinski definition) is 1. The second kappa shape index (κ2) is 9.40. The first kappa shape index (κ1) is 20.6. The van der Waals surface area contributed by atoms with E-state index in [0.717, 1.165) is 23.5 Å². The second-order valence-electron chi connectivity index (χ2n) is 7.61. The van der Waals surface area contributed by atoms with E-state index < -0.39 is 0 Å². The first-order valence-electron chi connectivity index (χ1n) is 10.2. The molecule has 1 amide bonds. The highest BCUT2D eigenvalue weighted by molar-refractivity contribution is 7.99. The van der Waals surface area contributed by atoms with Crippen molar-refractivity contribution >= 4 is 23.4 Å². The van der Waals surface area contributed by atoms with Gasteiger partial charge in [0.2, 0.25) is 11.1 Å². The van der Waals surface area contributed by atoms with Crippen LogP contribution in [0.15, 0.2) is 47.6 Å². The molecular formula is C22H26N6OS. The normalized spacial score (nSPS) is 14.2. The Hall–Kier alpha value is -2.71. The smallest absolute Gasteiger partial charge is 0.234 e. The van der Waals surface area contributed by atoms with Gasteiger partial charge in [-0.05, 0) is 85.1 Å². The molecule has 0 atom stereocenters. The zero-order chi connectivity index (χ0) is 20.9. The highest BCUT2D eigenvalue weighted by Gasteiger charge is 2.14. The minimum absolute atomic E-state index is 0.0807. The lowest BCUT2D eigenvalue weighted by molar-refractivity contribution is -0.113. The molecule has 4 rings (SSSR count). The van der Waals surface area contributed by atoms with Gasteiger partial charge in [0.25, 0.3) is 0 Å². The molecule has 7 nitrogen and oxygen atoms in total. The highest BCUT2D eigenvalue weighted by Crippen LogP contribution is 2.22. The van der Waals surface area contributed by atoms with Gasteiger partial charge in [0.1, 0.15) is 0 Å². The van der Waals surface area contributed by atoms with Gasteiger partial charge in [-0.2, -0.15) is 4.68 Å². The number of anilines is 1. The number of nitrogens with zero attached hydrogens (tertiary/aromatic N) is 5. The lowest BCUT2D eigenvalue weighted by Gasteiger charge is -2.14. The van der Waals surface area contributed by atoms with E-state index in [4.69, 9.17) is 0 Å². The summed E-state index contributed by atoms with van der Waals surface area (Å²) in [5, 5.41) is 15.5. The van der Waals surface area contributed by atoms with Crippen molar-refractivity contribution in [1.29, 1.82) is 0 Å². The first-order valence-corrected chi connectivity index (χ1v) is 11.2. The van der Waals surface area contributed by atoms with E-state index in [1.165, 1.54) is 48.8 Å². The quantitative estimate of drug-likeness (QED) is 0.586. The van der Waals surface area contributed by atoms with E-state index in [-0.39, 0.29) is 11.7 Å². The number of likely N-dealkylation sites (tertiary alicyclic amines) is 1. The van der Waals surface area contributed by atoms with Gasteiger partial charge in [0, 0.05) is 12.2 Å². The number of rotatable bonds is 7. The Morgan fingerprint density at radius 2 is 1.87 bits per heavy atom. The molecule has 0 bridgehead atoms. The zero-order valence-corrected chi connectivity index (χ0v) is 18.2. The zero-order valence-electron chi connectivity index (χ0n) is 17.3. The number of tetrazole rings is 1. The molecule has 1 saturated heterocycles. The third-order valence-electron chi connectivity index (χ3n) is 5.42. The number of amides is 1. The average molecular weight is 423 g/mol. The second-order valence-corrected chi connectivity index (χ2v) is 8.55. The summed E-state index contributed by atoms with van der Waals surface area (Å²) < 4.78 is 1.69. The molecule has 0 unspecified atom stereocenters. The van der Waals surface area contributed by atoms with Crippen LogP contribution in [0.3, 0.4) is 0 Å². The summed E-state index contributed by atoms with van der Waals surface area (Å²) >= 11 is 1.32. The fourth-order valence-corrected chi connectivity index (χ4v) is 4.29. The maximum atomic E-state index is 12.4. The van der Waals surface area contributed by atoms with Crippen molar-refractivity contribution < 1.29 is 4.79 Å². The molecule has 0 spiro atoms. The number of thioether (sulfide) groups is 1. The molecule has 3 aromatic rings. The van der Waals surface area contributed by atoms with Crippen molar-refractivity contribution in [1.82, 2.24) is 25.1 Å². The van der Waals surface area contributed by atoms with Gasteiger partial charge in [-0.1, -0.05) is 36.0 Å². The minimum atomic E-state index is -0.0807. The van der Waals surface area contributed by atoms with Crippen LogP contribution < -0.4 is 5.32 Å². The van der Waals surface area contributed by atoms with Crippen LogP contribution in [0.2, 0.25) is 0 Å². The Balaban J connectivity index is 1.33. The van der Waals surface area contributed by atoms with Crippen molar-refractivity contribution in [2.24, 2.45) is 0 Å². The molecular weight excluding hydrogens is 396 g/mol. The van der Waals surface area contributed by atoms with Crippen molar-refractivity contribution in [2.45, 2.75) is 38.4 Å². The van der Waals surface area contributed by atoms with Crippen molar-refractivity contribution in [3.05, 3.63) is 59.2 Å². The van der Waals surface area contributed by atoms with E-state index in [9.17, 15) is 4.79 Å². The maximum absolute atomic E-state index is 12.4. The average Bonchev–Trinajstić information content (AvgIpc) is 3.42. The Bertz CT molecular complexity index is 1010. The van der Waals surface area contributed by atoms with Crippen molar-refractivity contribution in [3.63, 3.8) is 0 Å². The van der Waals surface area contributed by atoms with Crippen LogP contribution in [-0.4, -0.2) is 49.9 Å². The lowest BCUT2D eigenvalue weighted by atomic mass is 10.1. The fraction of sp³-hybridized carbons (Fsp3) is 0.364. The molecule has 156 valence electrons. The Labute approximate surface area is 180 Å². The third-order valence-corrected chi connectivity index (χ3v) is 6.34. The monoisotopic (exact) mass is 422 g/mol. The fourth-order valence-electron chi connectivity index (χ4n) is 3.60. The number of hydrogen-bond acceptors (Lipinski definition) is 6. The van der Waals surface area contributed by atoms with Crippen LogP contribution in [-0.2, 0) is 11.3 Å². The SMILES string of the molecule is Cc1cccc(-n2nnnc2SCC(=O)Nc2ccc(CN3CCCC3)cc2)c1C. The van der Waals surface area contributed by atoms with E-state index in [2.05, 4.69) is 50.9 Å². The van der Waals surface area contributed by atoms with E-state index in [1.54, 1.807) is 4.68 Å². The molecule has 30 heavy (non-hydrogen) atoms. The first-order chi connectivity index (χ1) is 14.6. The van der Waals surface area contributed by atoms with Gasteiger partial charge in [0.15, 0.2) is 0 Å². The molecule has 1 aromatic heterocycles. The lowest BCUT2D eigenvalue weighted by Crippen LogP contribution is -2.18. The number of carbonyl (C=O) groups is 1. The van der Waals surface area contributed by atoms with Crippen LogP contribution in [0.25, 0.3) is 5.69 Å². The molecule has 2 aromatic carbocycles. The van der Waals surface area contributed by atoms with Crippen molar-refractivity contribution in [2.75, 3.05) is 24.2 Å². The Morgan fingerprint density at radius 3 is 2.63 bits per heavy atom. The van der Waals surface area contributed by atoms with Gasteiger partial charge < -0.3 is 5.32 Å². The van der Waals surface area contributed by atoms with Crippen LogP contribution >= 0.6 is 11.8 Å². The summed E-state index contributed by atoms with van der Waals surface area (Å²) in [5.41, 5.74) is 5.29. The number of aromatic nitrogens is 4. The third kappa shape index (κ3) is 4.88. The minimum Gasteiger partial charge on any atom is -0.325 e. The van der Waals surface area contributed by atoms with Gasteiger partial charge in [-0.25, -0.2) is 0 Å². The maximum Gasteiger partial charge on any atom is 0.234 e. The van der Waals surface area contributed by atoms with Crippen molar-refractivity contribution in [3.8, 4) is 5.69 Å². The highest BCUT2D eigenvalue weighted by atomic mass is 32.2. The molecule has 1 N–H and O–H groups in total. The summed E-state index contributed by atoms with van der Waals surface area (Å²) in [4.78, 5) is 14.9. The topological polar surface area (TPSA) is 75.9 Å². The molecule has 0 aliphatic carbocycles. The summed E-state index contributed by atoms with van der Waals surface area (Å²) in [6.07, 6.45) is 2.58. The van der Waals surface area contributed by atoms with E-state index in [0.29, 0.717) is 5.16 Å². The predicted molar refractivity (Wildman–Crippen MR) is 119 cm³/mol. The van der Waals surface area contributed by atoms with Crippen LogP contribution in [0.1, 0.15) is 29.5 Å². The summed E-state index contributed by atoms with van der Waals surface area (Å²) in [7, 11) is 0. The van der Waals surface area contributed by atoms with Gasteiger partial charge in [0.05, 0.1) is 11.4 Å². The van der Waals surface area contributed by atoms with Gasteiger partial charge in [-0.3, -0.25) is 9.69 Å². The molecule has 8 heteroatoms. The number of aryl methyl sites for hydroxylation is 1. The Kier molecular flexibility index (Phi) is 6.44. The van der Waals surface area contributed by atoms with E-state index >= 15 is 0 Å². The molecule has 1 aliphatic rings. The number of carbonyl (C=O) groups excluding carboxylic acids is 1. The molecule has 0 saturated carbocycles. The largest absolute Gasteiger partial charge is 0.325 e. The number of benzene rings is 2. The standard InChI is InChI=1S/C22H26N6OS/c1-16-6-5-7-20(17(16)2)28-22(24-25-26-28)30-15-21(29)23-19-10-8-18(9-11-19)14-27-12-3-4-13-27/h5-11H,3-4,12-15H2,1-2H3,(H,23,29). The molecule has 1 fully saturated rings. The molecule has 0 radical (unpaired) electrons. The predicted octanol–water partition coefficient (Wildman–Crippen LogP) is 3.61. The summed E-state index contributed by atoms with van der Waals surface area (Å²) in [5.74, 6) is 0.156. The van der Waals surface area contributed by atoms with Crippen LogP contribution in [0.5, 0.6) is 0 Å². The van der Waals surface area contributed by atoms with Crippen LogP contribution in [0, 0.1) is 13.8 Å². The molecule has 1 aliphatic heterocycles. The number of nitrogens with one attached hydrogen (secondary N) is 1. The van der Waals surface area contributed by atoms with Gasteiger partial charge >= 0.3 is 0 Å². The summed E-state index contributed by atoms with van der Waals surface area (Å²) in [6, 6.07) is 14.1. The molecule has 2 heterocycles. The van der Waals surface area contributed by atoms with Gasteiger partial charge in [-0.15, -0.1) is 5.10 Å². The summed E-state index contributed by atoms with van der Waals surface area (Å²) in [6.45, 7) is 7.43. The Morgan fingerprint density at radius 1 is 1.10 bits per heavy atom.